The van der Waals surface area contributed by atoms with E-state index in [1.165, 1.54) is 289 Å². The van der Waals surface area contributed by atoms with E-state index in [1.54, 1.807) is 0 Å². The topological polar surface area (TPSA) is 78.9 Å². The van der Waals surface area contributed by atoms with Crippen LogP contribution in [-0.4, -0.2) is 37.2 Å². The minimum Gasteiger partial charge on any atom is -0.462 e. The van der Waals surface area contributed by atoms with E-state index >= 15 is 0 Å². The first kappa shape index (κ1) is 76.6. The van der Waals surface area contributed by atoms with Crippen LogP contribution in [0.5, 0.6) is 0 Å². The summed E-state index contributed by atoms with van der Waals surface area (Å²) >= 11 is 0. The number of allylic oxidation sites excluding steroid dienone is 6. The zero-order valence-electron chi connectivity index (χ0n) is 53.4. The number of hydrogen-bond acceptors (Lipinski definition) is 6. The number of ether oxygens (including phenoxy) is 3. The maximum absolute atomic E-state index is 12.9. The maximum atomic E-state index is 12.9. The highest BCUT2D eigenvalue weighted by atomic mass is 16.6. The molecule has 464 valence electrons. The summed E-state index contributed by atoms with van der Waals surface area (Å²) in [5, 5.41) is 0. The minimum absolute atomic E-state index is 0.0676. The summed E-state index contributed by atoms with van der Waals surface area (Å²) < 4.78 is 16.9. The zero-order chi connectivity index (χ0) is 57.1. The molecule has 0 aliphatic carbocycles. The first-order valence-corrected chi connectivity index (χ1v) is 35.5. The summed E-state index contributed by atoms with van der Waals surface area (Å²) in [6.45, 7) is 6.67. The van der Waals surface area contributed by atoms with Crippen molar-refractivity contribution < 1.29 is 28.6 Å². The predicted molar refractivity (Wildman–Crippen MR) is 344 cm³/mol. The van der Waals surface area contributed by atoms with Crippen molar-refractivity contribution in [3.63, 3.8) is 0 Å². The second-order valence-electron chi connectivity index (χ2n) is 24.1. The molecular formula is C73H136O6. The lowest BCUT2D eigenvalue weighted by atomic mass is 10.0. The fraction of sp³-hybridized carbons (Fsp3) is 0.877. The van der Waals surface area contributed by atoms with Crippen LogP contribution in [0.4, 0.5) is 0 Å². The van der Waals surface area contributed by atoms with Gasteiger partial charge >= 0.3 is 17.9 Å². The Morgan fingerprint density at radius 3 is 0.709 bits per heavy atom. The molecule has 0 aromatic carbocycles. The van der Waals surface area contributed by atoms with E-state index in [1.807, 2.05) is 0 Å². The van der Waals surface area contributed by atoms with Gasteiger partial charge in [-0.25, -0.2) is 0 Å². The quantitative estimate of drug-likeness (QED) is 0.0261. The van der Waals surface area contributed by atoms with Crippen LogP contribution in [0.25, 0.3) is 0 Å². The van der Waals surface area contributed by atoms with Gasteiger partial charge in [-0.05, 0) is 77.0 Å². The SMILES string of the molecule is CCCCCCC/C=C\C/C=C\CCCCCCCCCCCCCC(=O)OC(COC(=O)CCCCCCCCCCC)COC(=O)CCCCCCCCCCCCCCCCCCC/C=C\CCCCCCCCCC. The van der Waals surface area contributed by atoms with E-state index < -0.39 is 6.10 Å². The molecule has 6 heteroatoms. The predicted octanol–water partition coefficient (Wildman–Crippen LogP) is 24.3. The Labute approximate surface area is 493 Å². The zero-order valence-corrected chi connectivity index (χ0v) is 53.4. The van der Waals surface area contributed by atoms with E-state index in [0.717, 1.165) is 64.2 Å². The van der Waals surface area contributed by atoms with Gasteiger partial charge in [-0.1, -0.05) is 333 Å². The molecular weight excluding hydrogens is 973 g/mol. The molecule has 79 heavy (non-hydrogen) atoms. The Bertz CT molecular complexity index is 1320. The monoisotopic (exact) mass is 1110 g/mol. The Morgan fingerprint density at radius 1 is 0.253 bits per heavy atom. The molecule has 1 atom stereocenters. The Balaban J connectivity index is 4.09. The molecule has 0 bridgehead atoms. The lowest BCUT2D eigenvalue weighted by molar-refractivity contribution is -0.167. The normalized spacial score (nSPS) is 12.2. The number of hydrogen-bond donors (Lipinski definition) is 0. The highest BCUT2D eigenvalue weighted by Crippen LogP contribution is 2.18. The second-order valence-corrected chi connectivity index (χ2v) is 24.1. The number of esters is 3. The van der Waals surface area contributed by atoms with Crippen molar-refractivity contribution >= 4 is 17.9 Å². The van der Waals surface area contributed by atoms with Crippen molar-refractivity contribution in [2.75, 3.05) is 13.2 Å². The van der Waals surface area contributed by atoms with Gasteiger partial charge in [0.15, 0.2) is 6.10 Å². The average Bonchev–Trinajstić information content (AvgIpc) is 3.45. The van der Waals surface area contributed by atoms with Gasteiger partial charge < -0.3 is 14.2 Å². The molecule has 0 spiro atoms. The molecule has 0 saturated heterocycles. The van der Waals surface area contributed by atoms with E-state index in [9.17, 15) is 14.4 Å². The number of unbranched alkanes of at least 4 members (excludes halogenated alkanes) is 49. The lowest BCUT2D eigenvalue weighted by Gasteiger charge is -2.18. The van der Waals surface area contributed by atoms with Gasteiger partial charge in [0.1, 0.15) is 13.2 Å². The van der Waals surface area contributed by atoms with Gasteiger partial charge in [0.2, 0.25) is 0 Å². The average molecular weight is 1110 g/mol. The first-order valence-electron chi connectivity index (χ1n) is 35.5. The van der Waals surface area contributed by atoms with Gasteiger partial charge in [-0.3, -0.25) is 14.4 Å². The molecule has 0 aliphatic rings. The van der Waals surface area contributed by atoms with Crippen molar-refractivity contribution in [2.45, 2.75) is 399 Å². The summed E-state index contributed by atoms with van der Waals surface area (Å²) in [5.74, 6) is -0.846. The third-order valence-corrected chi connectivity index (χ3v) is 16.1. The summed E-state index contributed by atoms with van der Waals surface area (Å²) in [7, 11) is 0. The molecule has 0 aromatic rings. The Kier molecular flexibility index (Phi) is 66.1. The largest absolute Gasteiger partial charge is 0.462 e. The molecule has 0 heterocycles. The molecule has 0 radical (unpaired) electrons. The van der Waals surface area contributed by atoms with Gasteiger partial charge in [0.25, 0.3) is 0 Å². The number of rotatable bonds is 66. The summed E-state index contributed by atoms with van der Waals surface area (Å²) in [6, 6.07) is 0. The molecule has 0 amide bonds. The van der Waals surface area contributed by atoms with E-state index in [2.05, 4.69) is 57.2 Å². The number of carbonyl (C=O) groups excluding carboxylic acids is 3. The smallest absolute Gasteiger partial charge is 0.306 e. The van der Waals surface area contributed by atoms with Crippen molar-refractivity contribution in [3.8, 4) is 0 Å². The van der Waals surface area contributed by atoms with Gasteiger partial charge in [0, 0.05) is 19.3 Å². The van der Waals surface area contributed by atoms with Crippen LogP contribution in [-0.2, 0) is 28.6 Å². The van der Waals surface area contributed by atoms with Crippen molar-refractivity contribution in [1.82, 2.24) is 0 Å². The molecule has 0 N–H and O–H groups in total. The van der Waals surface area contributed by atoms with E-state index in [-0.39, 0.29) is 31.1 Å². The van der Waals surface area contributed by atoms with Crippen LogP contribution in [0.2, 0.25) is 0 Å². The van der Waals surface area contributed by atoms with Crippen LogP contribution < -0.4 is 0 Å². The molecule has 0 aromatic heterocycles. The minimum atomic E-state index is -0.770. The molecule has 0 fully saturated rings. The second kappa shape index (κ2) is 68.1. The molecule has 6 nitrogen and oxygen atoms in total. The fourth-order valence-electron chi connectivity index (χ4n) is 10.8. The Morgan fingerprint density at radius 2 is 0.456 bits per heavy atom. The van der Waals surface area contributed by atoms with Crippen LogP contribution in [0.15, 0.2) is 36.5 Å². The standard InChI is InChI=1S/C73H136O6/c1-4-7-10-13-16-19-21-23-25-27-29-31-33-34-35-36-37-38-40-41-43-45-47-49-51-54-57-60-63-66-72(75)78-69-70(68-77-71(74)65-62-59-56-53-18-15-12-9-6-3)79-73(76)67-64-61-58-55-52-50-48-46-44-42-39-32-30-28-26-24-22-20-17-14-11-8-5-2/h22,24,27-30,70H,4-21,23,25-26,31-69H2,1-3H3/b24-22-,29-27-,30-28-. The molecule has 0 saturated carbocycles. The summed E-state index contributed by atoms with van der Waals surface area (Å²) in [5.41, 5.74) is 0. The highest BCUT2D eigenvalue weighted by Gasteiger charge is 2.19. The van der Waals surface area contributed by atoms with Crippen molar-refractivity contribution in [2.24, 2.45) is 0 Å². The highest BCUT2D eigenvalue weighted by molar-refractivity contribution is 5.71. The molecule has 1 unspecified atom stereocenters. The van der Waals surface area contributed by atoms with E-state index in [0.29, 0.717) is 19.3 Å². The van der Waals surface area contributed by atoms with Gasteiger partial charge in [0.05, 0.1) is 0 Å². The van der Waals surface area contributed by atoms with Crippen LogP contribution in [0.1, 0.15) is 393 Å². The maximum Gasteiger partial charge on any atom is 0.306 e. The fourth-order valence-corrected chi connectivity index (χ4v) is 10.8. The Hall–Kier alpha value is -2.37. The van der Waals surface area contributed by atoms with Gasteiger partial charge in [-0.15, -0.1) is 0 Å². The van der Waals surface area contributed by atoms with Gasteiger partial charge in [-0.2, -0.15) is 0 Å². The third-order valence-electron chi connectivity index (χ3n) is 16.1. The van der Waals surface area contributed by atoms with Crippen molar-refractivity contribution in [1.29, 1.82) is 0 Å². The summed E-state index contributed by atoms with van der Waals surface area (Å²) in [6.07, 6.45) is 84.8. The number of carbonyl (C=O) groups is 3. The molecule has 0 aliphatic heterocycles. The summed E-state index contributed by atoms with van der Waals surface area (Å²) in [4.78, 5) is 38.3. The van der Waals surface area contributed by atoms with Crippen LogP contribution in [0, 0.1) is 0 Å². The lowest BCUT2D eigenvalue weighted by Crippen LogP contribution is -2.30. The molecule has 0 rings (SSSR count). The van der Waals surface area contributed by atoms with Crippen LogP contribution in [0.3, 0.4) is 0 Å². The van der Waals surface area contributed by atoms with Crippen LogP contribution >= 0.6 is 0 Å². The van der Waals surface area contributed by atoms with E-state index in [4.69, 9.17) is 14.2 Å². The first-order chi connectivity index (χ1) is 39.0. The van der Waals surface area contributed by atoms with Crippen molar-refractivity contribution in [3.05, 3.63) is 36.5 Å². The third kappa shape index (κ3) is 66.3.